The van der Waals surface area contributed by atoms with Crippen LogP contribution in [0.3, 0.4) is 0 Å². The third-order valence-electron chi connectivity index (χ3n) is 7.00. The van der Waals surface area contributed by atoms with Crippen LogP contribution in [0.4, 0.5) is 0 Å². The van der Waals surface area contributed by atoms with Gasteiger partial charge in [-0.15, -0.1) is 0 Å². The normalized spacial score (nSPS) is 23.9. The molecule has 0 bridgehead atoms. The number of unbranched alkanes of at least 4 members (excludes halogenated alkanes) is 14. The molecule has 1 fully saturated rings. The number of ether oxygens (including phenoxy) is 1. The van der Waals surface area contributed by atoms with Crippen molar-refractivity contribution >= 4 is 10.0 Å². The van der Waals surface area contributed by atoms with Crippen molar-refractivity contribution in [2.75, 3.05) is 19.7 Å². The van der Waals surface area contributed by atoms with Gasteiger partial charge in [-0.05, 0) is 12.8 Å². The fourth-order valence-electron chi connectivity index (χ4n) is 4.70. The highest BCUT2D eigenvalue weighted by molar-refractivity contribution is 7.89. The first-order chi connectivity index (χ1) is 16.8. The molecule has 1 aliphatic heterocycles. The van der Waals surface area contributed by atoms with Gasteiger partial charge in [-0.25, -0.2) is 8.42 Å². The van der Waals surface area contributed by atoms with Crippen molar-refractivity contribution in [3.05, 3.63) is 0 Å². The topological polar surface area (TPSA) is 128 Å². The summed E-state index contributed by atoms with van der Waals surface area (Å²) in [6.07, 6.45) is 11.6. The molecule has 210 valence electrons. The van der Waals surface area contributed by atoms with E-state index >= 15 is 0 Å². The molecular formula is C26H53NO7S. The number of aliphatic hydroxyl groups is 4. The summed E-state index contributed by atoms with van der Waals surface area (Å²) < 4.78 is 33.6. The summed E-state index contributed by atoms with van der Waals surface area (Å²) >= 11 is 0. The number of hydrogen-bond donors (Lipinski definition) is 4. The van der Waals surface area contributed by atoms with Gasteiger partial charge >= 0.3 is 0 Å². The number of nitrogens with zero attached hydrogens (tertiary/aromatic N) is 1. The second-order valence-electron chi connectivity index (χ2n) is 10.1. The van der Waals surface area contributed by atoms with Gasteiger partial charge in [0.25, 0.3) is 0 Å². The van der Waals surface area contributed by atoms with Crippen LogP contribution in [-0.4, -0.2) is 82.7 Å². The van der Waals surface area contributed by atoms with Crippen LogP contribution < -0.4 is 0 Å². The van der Waals surface area contributed by atoms with Gasteiger partial charge in [0.05, 0.1) is 6.61 Å². The molecule has 1 saturated heterocycles. The van der Waals surface area contributed by atoms with Crippen LogP contribution in [0.5, 0.6) is 0 Å². The molecule has 8 nitrogen and oxygen atoms in total. The second kappa shape index (κ2) is 18.9. The molecule has 0 unspecified atom stereocenters. The van der Waals surface area contributed by atoms with Crippen LogP contribution in [0.25, 0.3) is 0 Å². The minimum atomic E-state index is -4.06. The Morgan fingerprint density at radius 2 is 1.11 bits per heavy atom. The van der Waals surface area contributed by atoms with Crippen LogP contribution in [0, 0.1) is 0 Å². The van der Waals surface area contributed by atoms with E-state index in [9.17, 15) is 28.8 Å². The molecule has 0 aromatic rings. The molecular weight excluding hydrogens is 470 g/mol. The molecule has 0 aliphatic carbocycles. The molecule has 9 heteroatoms. The predicted octanol–water partition coefficient (Wildman–Crippen LogP) is 3.70. The lowest BCUT2D eigenvalue weighted by Gasteiger charge is -2.27. The lowest BCUT2D eigenvalue weighted by molar-refractivity contribution is -0.0724. The van der Waals surface area contributed by atoms with Gasteiger partial charge in [0.15, 0.2) is 0 Å². The number of aliphatic hydroxyl groups excluding tert-OH is 4. The largest absolute Gasteiger partial charge is 0.394 e. The minimum absolute atomic E-state index is 0.351. The van der Waals surface area contributed by atoms with Crippen LogP contribution in [0.15, 0.2) is 0 Å². The average Bonchev–Trinajstić information content (AvgIpc) is 3.15. The lowest BCUT2D eigenvalue weighted by Crippen LogP contribution is -2.45. The van der Waals surface area contributed by atoms with Crippen molar-refractivity contribution in [2.45, 2.75) is 146 Å². The maximum absolute atomic E-state index is 13.4. The Balaban J connectivity index is 2.65. The first-order valence-electron chi connectivity index (χ1n) is 14.1. The number of rotatable bonds is 22. The molecule has 0 aromatic carbocycles. The standard InChI is InChI=1S/C26H53NO7S/c1-3-5-7-9-11-13-15-17-19-27(20-18-16-14-12-10-8-6-4-2)35(32,33)26-24(31)23(30)25(34-26)22(29)21-28/h22-26,28-31H,3-21H2,1-2H3/t22-,23-,24-,25+,26+/m1/s1. The van der Waals surface area contributed by atoms with E-state index in [0.29, 0.717) is 13.1 Å². The molecule has 1 rings (SSSR count). The van der Waals surface area contributed by atoms with Gasteiger partial charge in [0.2, 0.25) is 15.5 Å². The van der Waals surface area contributed by atoms with Crippen LogP contribution in [-0.2, 0) is 14.8 Å². The van der Waals surface area contributed by atoms with Crippen molar-refractivity contribution in [1.82, 2.24) is 4.31 Å². The van der Waals surface area contributed by atoms with Crippen LogP contribution in [0.2, 0.25) is 0 Å². The highest BCUT2D eigenvalue weighted by Gasteiger charge is 2.52. The SMILES string of the molecule is CCCCCCCCCCN(CCCCCCCCCC)S(=O)(=O)[C@@H]1O[C@@H]([C@H](O)CO)[C@H](O)[C@H]1O. The molecule has 35 heavy (non-hydrogen) atoms. The van der Waals surface area contributed by atoms with Crippen LogP contribution in [0.1, 0.15) is 117 Å². The smallest absolute Gasteiger partial charge is 0.244 e. The van der Waals surface area contributed by atoms with E-state index in [4.69, 9.17) is 4.74 Å². The molecule has 0 amide bonds. The Labute approximate surface area is 214 Å². The fourth-order valence-corrected chi connectivity index (χ4v) is 6.54. The summed E-state index contributed by atoms with van der Waals surface area (Å²) in [5.41, 5.74) is -1.65. The van der Waals surface area contributed by atoms with E-state index in [1.54, 1.807) is 0 Å². The lowest BCUT2D eigenvalue weighted by atomic mass is 10.1. The molecule has 1 heterocycles. The van der Waals surface area contributed by atoms with E-state index in [0.717, 1.165) is 51.4 Å². The molecule has 0 spiro atoms. The van der Waals surface area contributed by atoms with Gasteiger partial charge in [-0.2, -0.15) is 4.31 Å². The number of sulfonamides is 1. The van der Waals surface area contributed by atoms with Crippen molar-refractivity contribution in [3.8, 4) is 0 Å². The van der Waals surface area contributed by atoms with Gasteiger partial charge in [0.1, 0.15) is 24.4 Å². The Kier molecular flexibility index (Phi) is 17.7. The van der Waals surface area contributed by atoms with Crippen molar-refractivity contribution in [1.29, 1.82) is 0 Å². The van der Waals surface area contributed by atoms with Gasteiger partial charge < -0.3 is 25.2 Å². The van der Waals surface area contributed by atoms with E-state index in [2.05, 4.69) is 13.8 Å². The van der Waals surface area contributed by atoms with Crippen molar-refractivity contribution in [2.24, 2.45) is 0 Å². The zero-order valence-corrected chi connectivity index (χ0v) is 23.0. The highest BCUT2D eigenvalue weighted by atomic mass is 32.2. The summed E-state index contributed by atoms with van der Waals surface area (Å²) in [6, 6.07) is 0. The molecule has 4 N–H and O–H groups in total. The predicted molar refractivity (Wildman–Crippen MR) is 139 cm³/mol. The van der Waals surface area contributed by atoms with E-state index < -0.39 is 46.5 Å². The third kappa shape index (κ3) is 11.8. The summed E-state index contributed by atoms with van der Waals surface area (Å²) in [7, 11) is -4.06. The van der Waals surface area contributed by atoms with Crippen molar-refractivity contribution < 1.29 is 33.6 Å². The average molecular weight is 524 g/mol. The zero-order chi connectivity index (χ0) is 26.1. The molecule has 5 atom stereocenters. The summed E-state index contributed by atoms with van der Waals surface area (Å²) in [5.74, 6) is 0. The van der Waals surface area contributed by atoms with Gasteiger partial charge in [0, 0.05) is 13.1 Å². The third-order valence-corrected chi connectivity index (χ3v) is 9.06. The van der Waals surface area contributed by atoms with Crippen LogP contribution >= 0.6 is 0 Å². The van der Waals surface area contributed by atoms with E-state index in [1.165, 1.54) is 55.7 Å². The second-order valence-corrected chi connectivity index (χ2v) is 12.1. The first-order valence-corrected chi connectivity index (χ1v) is 15.6. The summed E-state index contributed by atoms with van der Waals surface area (Å²) in [6.45, 7) is 4.39. The van der Waals surface area contributed by atoms with E-state index in [1.807, 2.05) is 0 Å². The Morgan fingerprint density at radius 1 is 0.714 bits per heavy atom. The Hall–Kier alpha value is -0.290. The monoisotopic (exact) mass is 523 g/mol. The molecule has 1 aliphatic rings. The molecule has 0 aromatic heterocycles. The van der Waals surface area contributed by atoms with Gasteiger partial charge in [-0.1, -0.05) is 104 Å². The quantitative estimate of drug-likeness (QED) is 0.159. The van der Waals surface area contributed by atoms with Crippen molar-refractivity contribution in [3.63, 3.8) is 0 Å². The fraction of sp³-hybridized carbons (Fsp3) is 1.00. The molecule has 0 saturated carbocycles. The maximum Gasteiger partial charge on any atom is 0.244 e. The molecule has 0 radical (unpaired) electrons. The summed E-state index contributed by atoms with van der Waals surface area (Å²) in [5, 5.41) is 39.7. The first kappa shape index (κ1) is 32.7. The Bertz CT molecular complexity index is 599. The van der Waals surface area contributed by atoms with Gasteiger partial charge in [-0.3, -0.25) is 0 Å². The Morgan fingerprint density at radius 3 is 1.51 bits per heavy atom. The zero-order valence-electron chi connectivity index (χ0n) is 22.2. The minimum Gasteiger partial charge on any atom is -0.394 e. The highest BCUT2D eigenvalue weighted by Crippen LogP contribution is 2.29. The maximum atomic E-state index is 13.4. The summed E-state index contributed by atoms with van der Waals surface area (Å²) in [4.78, 5) is 0. The van der Waals surface area contributed by atoms with E-state index in [-0.39, 0.29) is 0 Å². The number of hydrogen-bond acceptors (Lipinski definition) is 7.